The quantitative estimate of drug-likeness (QED) is 0.379. The van der Waals surface area contributed by atoms with Crippen LogP contribution in [0.5, 0.6) is 0 Å². The lowest BCUT2D eigenvalue weighted by atomic mass is 10.0. The fraction of sp³-hybridized carbons (Fsp3) is 0.333. The second-order valence-corrected chi connectivity index (χ2v) is 11.9. The van der Waals surface area contributed by atoms with Gasteiger partial charge in [0.15, 0.2) is 15.1 Å². The Morgan fingerprint density at radius 1 is 1.17 bits per heavy atom. The topological polar surface area (TPSA) is 146 Å². The molecule has 1 saturated carbocycles. The summed E-state index contributed by atoms with van der Waals surface area (Å²) in [5, 5.41) is 12.9. The Morgan fingerprint density at radius 2 is 1.89 bits per heavy atom. The summed E-state index contributed by atoms with van der Waals surface area (Å²) in [5.74, 6) is -1.60. The van der Waals surface area contributed by atoms with E-state index in [0.717, 1.165) is 41.6 Å². The molecule has 0 spiro atoms. The van der Waals surface area contributed by atoms with Crippen molar-refractivity contribution in [2.45, 2.75) is 24.1 Å². The van der Waals surface area contributed by atoms with Crippen LogP contribution in [0.2, 0.25) is 0 Å². The standard InChI is InChI=1S/C24H26N4O6S2/c1-28(21(31)13-29)17-5-3-4-14(10-17)15-6-9-18-19(11-15)35-24(27-18)22(36(2,33)34)23(32)25-12-20(30)26-16-7-8-16/h3-6,9-11,16,22,29H,7-8,12-13H2,1-2H3,(H,25,32)(H,26,30). The molecule has 1 unspecified atom stereocenters. The van der Waals surface area contributed by atoms with E-state index in [1.165, 1.54) is 4.90 Å². The number of nitrogens with zero attached hydrogens (tertiary/aromatic N) is 2. The monoisotopic (exact) mass is 530 g/mol. The van der Waals surface area contributed by atoms with Crippen LogP contribution in [0.25, 0.3) is 21.3 Å². The third-order valence-corrected chi connectivity index (χ3v) is 8.26. The first-order valence-electron chi connectivity index (χ1n) is 11.2. The second-order valence-electron chi connectivity index (χ2n) is 8.66. The predicted molar refractivity (Wildman–Crippen MR) is 137 cm³/mol. The molecule has 3 aromatic rings. The van der Waals surface area contributed by atoms with Gasteiger partial charge in [0, 0.05) is 25.0 Å². The minimum atomic E-state index is -3.87. The van der Waals surface area contributed by atoms with Crippen LogP contribution in [-0.4, -0.2) is 68.7 Å². The van der Waals surface area contributed by atoms with E-state index in [2.05, 4.69) is 15.6 Å². The van der Waals surface area contributed by atoms with Gasteiger partial charge in [-0.25, -0.2) is 13.4 Å². The number of carbonyl (C=O) groups is 3. The number of aromatic nitrogens is 1. The van der Waals surface area contributed by atoms with Crippen molar-refractivity contribution in [3.8, 4) is 11.1 Å². The van der Waals surface area contributed by atoms with Gasteiger partial charge in [-0.2, -0.15) is 0 Å². The van der Waals surface area contributed by atoms with E-state index in [1.54, 1.807) is 31.3 Å². The summed E-state index contributed by atoms with van der Waals surface area (Å²) >= 11 is 1.09. The molecule has 1 fully saturated rings. The van der Waals surface area contributed by atoms with E-state index in [0.29, 0.717) is 15.9 Å². The minimum absolute atomic E-state index is 0.117. The van der Waals surface area contributed by atoms with Crippen molar-refractivity contribution in [1.29, 1.82) is 0 Å². The van der Waals surface area contributed by atoms with Gasteiger partial charge in [0.1, 0.15) is 11.6 Å². The number of carbonyl (C=O) groups excluding carboxylic acids is 3. The number of thiazole rings is 1. The highest BCUT2D eigenvalue weighted by atomic mass is 32.2. The maximum atomic E-state index is 12.8. The van der Waals surface area contributed by atoms with Crippen molar-refractivity contribution < 1.29 is 27.9 Å². The number of hydrogen-bond donors (Lipinski definition) is 3. The molecule has 10 nitrogen and oxygen atoms in total. The van der Waals surface area contributed by atoms with Crippen LogP contribution >= 0.6 is 11.3 Å². The number of aliphatic hydroxyl groups is 1. The zero-order valence-corrected chi connectivity index (χ0v) is 21.4. The number of nitrogens with one attached hydrogen (secondary N) is 2. The first-order valence-corrected chi connectivity index (χ1v) is 14.0. The van der Waals surface area contributed by atoms with Crippen molar-refractivity contribution in [2.24, 2.45) is 0 Å². The van der Waals surface area contributed by atoms with Crippen molar-refractivity contribution in [2.75, 3.05) is 31.4 Å². The van der Waals surface area contributed by atoms with Gasteiger partial charge in [0.25, 0.3) is 5.91 Å². The van der Waals surface area contributed by atoms with E-state index in [-0.39, 0.29) is 23.5 Å². The maximum Gasteiger partial charge on any atom is 0.252 e. The molecular weight excluding hydrogens is 504 g/mol. The third-order valence-electron chi connectivity index (χ3n) is 5.74. The Kier molecular flexibility index (Phi) is 7.38. The molecule has 190 valence electrons. The highest BCUT2D eigenvalue weighted by Gasteiger charge is 2.34. The number of benzene rings is 2. The van der Waals surface area contributed by atoms with Gasteiger partial charge in [-0.1, -0.05) is 18.2 Å². The summed E-state index contributed by atoms with van der Waals surface area (Å²) < 4.78 is 25.7. The largest absolute Gasteiger partial charge is 0.387 e. The zero-order chi connectivity index (χ0) is 26.0. The Labute approximate surface area is 212 Å². The lowest BCUT2D eigenvalue weighted by Crippen LogP contribution is -2.41. The number of amides is 3. The van der Waals surface area contributed by atoms with Gasteiger partial charge in [0.05, 0.1) is 16.8 Å². The molecular formula is C24H26N4O6S2. The Balaban J connectivity index is 1.59. The smallest absolute Gasteiger partial charge is 0.252 e. The SMILES string of the molecule is CN(C(=O)CO)c1cccc(-c2ccc3nc(C(C(=O)NCC(=O)NC4CC4)S(C)(=O)=O)sc3c2)c1. The lowest BCUT2D eigenvalue weighted by molar-refractivity contribution is -0.126. The number of hydrogen-bond acceptors (Lipinski definition) is 8. The molecule has 3 amide bonds. The molecule has 0 aliphatic heterocycles. The summed E-state index contributed by atoms with van der Waals surface area (Å²) in [4.78, 5) is 42.3. The fourth-order valence-electron chi connectivity index (χ4n) is 3.63. The van der Waals surface area contributed by atoms with Gasteiger partial charge >= 0.3 is 0 Å². The van der Waals surface area contributed by atoms with Gasteiger partial charge in [-0.05, 0) is 48.2 Å². The first kappa shape index (κ1) is 25.7. The Morgan fingerprint density at radius 3 is 2.56 bits per heavy atom. The molecule has 0 saturated heterocycles. The van der Waals surface area contributed by atoms with E-state index in [1.807, 2.05) is 18.2 Å². The number of aliphatic hydroxyl groups excluding tert-OH is 1. The van der Waals surface area contributed by atoms with E-state index >= 15 is 0 Å². The van der Waals surface area contributed by atoms with Crippen molar-refractivity contribution in [3.63, 3.8) is 0 Å². The molecule has 1 atom stereocenters. The van der Waals surface area contributed by atoms with Gasteiger partial charge in [-0.3, -0.25) is 14.4 Å². The van der Waals surface area contributed by atoms with Crippen molar-refractivity contribution >= 4 is 54.8 Å². The second kappa shape index (κ2) is 10.3. The average molecular weight is 531 g/mol. The molecule has 3 N–H and O–H groups in total. The van der Waals surface area contributed by atoms with Crippen molar-refractivity contribution in [3.05, 3.63) is 47.5 Å². The van der Waals surface area contributed by atoms with Crippen LogP contribution < -0.4 is 15.5 Å². The molecule has 2 aromatic carbocycles. The van der Waals surface area contributed by atoms with Crippen LogP contribution in [0, 0.1) is 0 Å². The molecule has 4 rings (SSSR count). The number of likely N-dealkylation sites (N-methyl/N-ethyl adjacent to an activating group) is 1. The number of sulfone groups is 1. The molecule has 0 bridgehead atoms. The highest BCUT2D eigenvalue weighted by Crippen LogP contribution is 2.34. The average Bonchev–Trinajstić information content (AvgIpc) is 3.56. The summed E-state index contributed by atoms with van der Waals surface area (Å²) in [6.07, 6.45) is 2.77. The molecule has 1 aromatic heterocycles. The van der Waals surface area contributed by atoms with E-state index < -0.39 is 33.5 Å². The molecule has 0 radical (unpaired) electrons. The van der Waals surface area contributed by atoms with Gasteiger partial charge in [-0.15, -0.1) is 11.3 Å². The molecule has 1 heterocycles. The van der Waals surface area contributed by atoms with Gasteiger partial charge < -0.3 is 20.6 Å². The van der Waals surface area contributed by atoms with Crippen LogP contribution in [0.4, 0.5) is 5.69 Å². The number of anilines is 1. The van der Waals surface area contributed by atoms with Crippen LogP contribution in [0.1, 0.15) is 23.1 Å². The first-order chi connectivity index (χ1) is 17.1. The predicted octanol–water partition coefficient (Wildman–Crippen LogP) is 1.40. The fourth-order valence-corrected chi connectivity index (χ4v) is 6.18. The summed E-state index contributed by atoms with van der Waals surface area (Å²) in [5.41, 5.74) is 2.76. The third kappa shape index (κ3) is 5.89. The Bertz CT molecular complexity index is 1430. The molecule has 36 heavy (non-hydrogen) atoms. The molecule has 1 aliphatic rings. The van der Waals surface area contributed by atoms with E-state index in [9.17, 15) is 22.8 Å². The maximum absolute atomic E-state index is 12.8. The summed E-state index contributed by atoms with van der Waals surface area (Å²) in [6.45, 7) is -0.906. The lowest BCUT2D eigenvalue weighted by Gasteiger charge is -2.17. The number of rotatable bonds is 9. The molecule has 1 aliphatic carbocycles. The minimum Gasteiger partial charge on any atom is -0.387 e. The van der Waals surface area contributed by atoms with Crippen LogP contribution in [0.15, 0.2) is 42.5 Å². The number of fused-ring (bicyclic) bond motifs is 1. The van der Waals surface area contributed by atoms with Crippen molar-refractivity contribution in [1.82, 2.24) is 15.6 Å². The summed E-state index contributed by atoms with van der Waals surface area (Å²) in [6, 6.07) is 12.7. The molecule has 12 heteroatoms. The Hall–Kier alpha value is -3.35. The summed E-state index contributed by atoms with van der Waals surface area (Å²) in [7, 11) is -2.29. The van der Waals surface area contributed by atoms with E-state index in [4.69, 9.17) is 5.11 Å². The van der Waals surface area contributed by atoms with Gasteiger partial charge in [0.2, 0.25) is 11.8 Å². The van der Waals surface area contributed by atoms with Crippen LogP contribution in [-0.2, 0) is 24.2 Å². The normalized spacial score (nSPS) is 14.3. The highest BCUT2D eigenvalue weighted by molar-refractivity contribution is 7.91. The zero-order valence-electron chi connectivity index (χ0n) is 19.7. The van der Waals surface area contributed by atoms with Crippen LogP contribution in [0.3, 0.4) is 0 Å².